The second kappa shape index (κ2) is 4.01. The summed E-state index contributed by atoms with van der Waals surface area (Å²) in [5, 5.41) is 3.28. The topological polar surface area (TPSA) is 37.3 Å². The van der Waals surface area contributed by atoms with E-state index in [9.17, 15) is 0 Å². The molecule has 0 aliphatic carbocycles. The predicted octanol–water partition coefficient (Wildman–Crippen LogP) is 2.76. The second-order valence-electron chi connectivity index (χ2n) is 4.17. The molecule has 0 bridgehead atoms. The number of aromatic nitrogens is 1. The fourth-order valence-electron chi connectivity index (χ4n) is 1.97. The summed E-state index contributed by atoms with van der Waals surface area (Å²) in [4.78, 5) is 8.78. The van der Waals surface area contributed by atoms with Crippen LogP contribution in [0.15, 0.2) is 47.6 Å². The molecule has 1 aliphatic rings. The fraction of sp³-hybridized carbons (Fsp3) is 0.143. The number of aliphatic imine (C=N–C) groups is 1. The highest BCUT2D eigenvalue weighted by Gasteiger charge is 2.14. The number of aryl methyl sites for hydroxylation is 1. The second-order valence-corrected chi connectivity index (χ2v) is 4.17. The van der Waals surface area contributed by atoms with Gasteiger partial charge in [0.25, 0.3) is 0 Å². The molecule has 3 nitrogen and oxygen atoms in total. The van der Waals surface area contributed by atoms with Crippen molar-refractivity contribution in [3.05, 3.63) is 59.3 Å². The molecule has 0 fully saturated rings. The quantitative estimate of drug-likeness (QED) is 0.807. The van der Waals surface area contributed by atoms with Crippen LogP contribution in [-0.4, -0.2) is 10.8 Å². The monoisotopic (exact) mass is 223 g/mol. The van der Waals surface area contributed by atoms with Gasteiger partial charge in [-0.2, -0.15) is 0 Å². The Kier molecular flexibility index (Phi) is 2.37. The summed E-state index contributed by atoms with van der Waals surface area (Å²) >= 11 is 0. The highest BCUT2D eigenvalue weighted by Crippen LogP contribution is 2.19. The number of anilines is 1. The molecule has 0 unspecified atom stereocenters. The number of amidine groups is 1. The Morgan fingerprint density at radius 1 is 1.18 bits per heavy atom. The zero-order valence-corrected chi connectivity index (χ0v) is 9.64. The van der Waals surface area contributed by atoms with Crippen molar-refractivity contribution in [2.75, 3.05) is 5.32 Å². The third-order valence-electron chi connectivity index (χ3n) is 2.84. The Bertz CT molecular complexity index is 588. The summed E-state index contributed by atoms with van der Waals surface area (Å²) in [5.74, 6) is 1.76. The molecule has 1 N–H and O–H groups in total. The van der Waals surface area contributed by atoms with Crippen molar-refractivity contribution < 1.29 is 0 Å². The lowest BCUT2D eigenvalue weighted by Gasteiger charge is -2.06. The lowest BCUT2D eigenvalue weighted by Crippen LogP contribution is -2.12. The van der Waals surface area contributed by atoms with Crippen molar-refractivity contribution in [3.63, 3.8) is 0 Å². The van der Waals surface area contributed by atoms with Crippen LogP contribution in [0, 0.1) is 6.92 Å². The first-order chi connectivity index (χ1) is 8.33. The van der Waals surface area contributed by atoms with Crippen molar-refractivity contribution in [2.45, 2.75) is 13.5 Å². The van der Waals surface area contributed by atoms with Gasteiger partial charge in [-0.05, 0) is 30.2 Å². The molecule has 1 aliphatic heterocycles. The van der Waals surface area contributed by atoms with Crippen LogP contribution in [0.2, 0.25) is 0 Å². The minimum atomic E-state index is 0.754. The van der Waals surface area contributed by atoms with Crippen LogP contribution in [0.4, 0.5) is 5.82 Å². The van der Waals surface area contributed by atoms with Crippen molar-refractivity contribution in [2.24, 2.45) is 4.99 Å². The van der Waals surface area contributed by atoms with Crippen molar-refractivity contribution in [1.82, 2.24) is 4.98 Å². The van der Waals surface area contributed by atoms with Crippen molar-refractivity contribution in [1.29, 1.82) is 0 Å². The lowest BCUT2D eigenvalue weighted by molar-refractivity contribution is 1.11. The molecule has 2 aromatic rings. The molecule has 0 radical (unpaired) electrons. The summed E-state index contributed by atoms with van der Waals surface area (Å²) in [6.45, 7) is 2.81. The van der Waals surface area contributed by atoms with Gasteiger partial charge in [-0.25, -0.2) is 4.98 Å². The van der Waals surface area contributed by atoms with Gasteiger partial charge in [0.1, 0.15) is 11.7 Å². The van der Waals surface area contributed by atoms with Crippen LogP contribution in [-0.2, 0) is 6.54 Å². The van der Waals surface area contributed by atoms with Crippen molar-refractivity contribution >= 4 is 11.7 Å². The maximum absolute atomic E-state index is 4.49. The fourth-order valence-corrected chi connectivity index (χ4v) is 1.97. The molecule has 0 saturated carbocycles. The van der Waals surface area contributed by atoms with Gasteiger partial charge >= 0.3 is 0 Å². The number of benzene rings is 1. The van der Waals surface area contributed by atoms with E-state index in [2.05, 4.69) is 34.3 Å². The molecule has 0 saturated heterocycles. The molecule has 0 amide bonds. The van der Waals surface area contributed by atoms with Gasteiger partial charge in [-0.15, -0.1) is 0 Å². The molecule has 2 heterocycles. The van der Waals surface area contributed by atoms with Crippen LogP contribution in [0.1, 0.15) is 16.7 Å². The Balaban J connectivity index is 1.89. The first-order valence-corrected chi connectivity index (χ1v) is 5.65. The molecule has 1 aromatic carbocycles. The van der Waals surface area contributed by atoms with Gasteiger partial charge in [0.2, 0.25) is 0 Å². The third kappa shape index (κ3) is 1.91. The Morgan fingerprint density at radius 3 is 2.94 bits per heavy atom. The van der Waals surface area contributed by atoms with E-state index in [1.807, 2.05) is 24.3 Å². The number of nitrogens with zero attached hydrogens (tertiary/aromatic N) is 2. The molecule has 3 heteroatoms. The normalized spacial score (nSPS) is 13.1. The number of hydrogen-bond donors (Lipinski definition) is 1. The average molecular weight is 223 g/mol. The standard InChI is InChI=1S/C14H13N3/c1-10-6-7-15-13(8-10)17-14-12-5-3-2-4-11(12)9-16-14/h2-8H,9H2,1H3,(H,15,16,17). The van der Waals surface area contributed by atoms with Gasteiger partial charge in [0.05, 0.1) is 6.54 Å². The van der Waals surface area contributed by atoms with E-state index in [4.69, 9.17) is 0 Å². The van der Waals surface area contributed by atoms with E-state index in [-0.39, 0.29) is 0 Å². The Morgan fingerprint density at radius 2 is 2.06 bits per heavy atom. The number of hydrogen-bond acceptors (Lipinski definition) is 3. The van der Waals surface area contributed by atoms with E-state index < -0.39 is 0 Å². The van der Waals surface area contributed by atoms with E-state index in [1.165, 1.54) is 16.7 Å². The number of nitrogens with one attached hydrogen (secondary N) is 1. The lowest BCUT2D eigenvalue weighted by atomic mass is 10.1. The minimum absolute atomic E-state index is 0.754. The van der Waals surface area contributed by atoms with E-state index in [0.29, 0.717) is 0 Å². The minimum Gasteiger partial charge on any atom is -0.325 e. The van der Waals surface area contributed by atoms with E-state index in [1.54, 1.807) is 6.20 Å². The molecule has 3 rings (SSSR count). The molecule has 1 aromatic heterocycles. The van der Waals surface area contributed by atoms with Crippen molar-refractivity contribution in [3.8, 4) is 0 Å². The average Bonchev–Trinajstić information content (AvgIpc) is 2.73. The molecule has 84 valence electrons. The number of fused-ring (bicyclic) bond motifs is 1. The SMILES string of the molecule is Cc1ccnc(NC2=NCc3ccccc32)c1. The van der Waals surface area contributed by atoms with Crippen LogP contribution in [0.25, 0.3) is 0 Å². The molecule has 0 spiro atoms. The summed E-state index contributed by atoms with van der Waals surface area (Å²) in [6.07, 6.45) is 1.80. The zero-order chi connectivity index (χ0) is 11.7. The third-order valence-corrected chi connectivity index (χ3v) is 2.84. The van der Waals surface area contributed by atoms with Gasteiger partial charge in [0.15, 0.2) is 0 Å². The maximum atomic E-state index is 4.49. The summed E-state index contributed by atoms with van der Waals surface area (Å²) in [7, 11) is 0. The molecular formula is C14H13N3. The van der Waals surface area contributed by atoms with Gasteiger partial charge in [0, 0.05) is 11.8 Å². The first-order valence-electron chi connectivity index (χ1n) is 5.65. The Hall–Kier alpha value is -2.16. The largest absolute Gasteiger partial charge is 0.325 e. The summed E-state index contributed by atoms with van der Waals surface area (Å²) in [5.41, 5.74) is 3.63. The molecule has 17 heavy (non-hydrogen) atoms. The van der Waals surface area contributed by atoms with Crippen LogP contribution < -0.4 is 5.32 Å². The zero-order valence-electron chi connectivity index (χ0n) is 9.64. The van der Waals surface area contributed by atoms with E-state index in [0.717, 1.165) is 18.2 Å². The van der Waals surface area contributed by atoms with Gasteiger partial charge in [-0.3, -0.25) is 4.99 Å². The van der Waals surface area contributed by atoms with Crippen LogP contribution in [0.3, 0.4) is 0 Å². The molecular weight excluding hydrogens is 210 g/mol. The number of pyridine rings is 1. The van der Waals surface area contributed by atoms with Crippen LogP contribution in [0.5, 0.6) is 0 Å². The first kappa shape index (κ1) is 10.0. The summed E-state index contributed by atoms with van der Waals surface area (Å²) in [6, 6.07) is 12.3. The highest BCUT2D eigenvalue weighted by atomic mass is 15.1. The summed E-state index contributed by atoms with van der Waals surface area (Å²) < 4.78 is 0. The number of rotatable bonds is 1. The maximum Gasteiger partial charge on any atom is 0.134 e. The van der Waals surface area contributed by atoms with E-state index >= 15 is 0 Å². The van der Waals surface area contributed by atoms with Crippen LogP contribution >= 0.6 is 0 Å². The smallest absolute Gasteiger partial charge is 0.134 e. The van der Waals surface area contributed by atoms with Gasteiger partial charge < -0.3 is 5.32 Å². The Labute approximate surface area is 100 Å². The molecule has 0 atom stereocenters. The van der Waals surface area contributed by atoms with Gasteiger partial charge in [-0.1, -0.05) is 24.3 Å². The highest BCUT2D eigenvalue weighted by molar-refractivity contribution is 6.10. The predicted molar refractivity (Wildman–Crippen MR) is 69.3 cm³/mol.